The fraction of sp³-hybridized carbons (Fsp3) is 0.448. The number of fused-ring (bicyclic) bond motifs is 1. The number of hydrogen-bond donors (Lipinski definition) is 1. The Labute approximate surface area is 233 Å². The van der Waals surface area contributed by atoms with Crippen molar-refractivity contribution in [2.24, 2.45) is 0 Å². The van der Waals surface area contributed by atoms with Crippen molar-refractivity contribution in [3.8, 4) is 11.4 Å². The highest BCUT2D eigenvalue weighted by Gasteiger charge is 2.34. The van der Waals surface area contributed by atoms with E-state index in [1.807, 2.05) is 46.7 Å². The molecule has 3 aromatic heterocycles. The number of hydrogen-bond acceptors (Lipinski definition) is 7. The summed E-state index contributed by atoms with van der Waals surface area (Å²) in [5.74, 6) is -0.490. The summed E-state index contributed by atoms with van der Waals surface area (Å²) >= 11 is 0. The van der Waals surface area contributed by atoms with E-state index in [4.69, 9.17) is 4.74 Å². The van der Waals surface area contributed by atoms with Crippen molar-refractivity contribution in [1.82, 2.24) is 29.6 Å². The van der Waals surface area contributed by atoms with Gasteiger partial charge in [0, 0.05) is 64.1 Å². The number of pyridine rings is 1. The smallest absolute Gasteiger partial charge is 0.406 e. The van der Waals surface area contributed by atoms with Crippen LogP contribution in [0.1, 0.15) is 68.0 Å². The third-order valence-corrected chi connectivity index (χ3v) is 6.41. The van der Waals surface area contributed by atoms with Crippen molar-refractivity contribution in [2.45, 2.75) is 66.0 Å². The normalized spacial score (nSPS) is 16.1. The van der Waals surface area contributed by atoms with Crippen LogP contribution < -0.4 is 5.32 Å². The second kappa shape index (κ2) is 11.1. The van der Waals surface area contributed by atoms with Crippen LogP contribution in [0.3, 0.4) is 0 Å². The zero-order valence-corrected chi connectivity index (χ0v) is 24.4. The first-order valence-corrected chi connectivity index (χ1v) is 13.2. The van der Waals surface area contributed by atoms with Crippen molar-refractivity contribution >= 4 is 29.4 Å². The standard InChI is InChI=1S/C29H36FN7O3/c1-17-15-36-16-20(14-22(30)26(36)31-17)25-32-19(3)24(23(34-25)10-11-35(7)8)27(38)33-21-9-12-37(18(2)13-21)28(39)40-29(4,5)6/h10-11,14-16,21H,9,12-13H2,1-8H3/p+1/b11-10+/t21-/m0/s1. The van der Waals surface area contributed by atoms with Gasteiger partial charge < -0.3 is 19.4 Å². The molecule has 0 saturated heterocycles. The summed E-state index contributed by atoms with van der Waals surface area (Å²) in [6, 6.07) is 1.18. The van der Waals surface area contributed by atoms with E-state index in [0.29, 0.717) is 53.4 Å². The third kappa shape index (κ3) is 6.52. The molecular weight excluding hydrogens is 513 g/mol. The maximum atomic E-state index is 14.8. The third-order valence-electron chi connectivity index (χ3n) is 6.41. The summed E-state index contributed by atoms with van der Waals surface area (Å²) < 4.78 is 23.5. The lowest BCUT2D eigenvalue weighted by Crippen LogP contribution is -2.45. The number of halogens is 1. The molecule has 10 nitrogen and oxygen atoms in total. The minimum atomic E-state index is -0.585. The predicted octanol–water partition coefficient (Wildman–Crippen LogP) is 4.38. The zero-order valence-electron chi connectivity index (χ0n) is 24.4. The molecule has 4 rings (SSSR count). The van der Waals surface area contributed by atoms with Crippen molar-refractivity contribution in [2.75, 3.05) is 20.6 Å². The van der Waals surface area contributed by atoms with E-state index in [1.165, 1.54) is 6.07 Å². The minimum absolute atomic E-state index is 0.170. The second-order valence-corrected chi connectivity index (χ2v) is 11.4. The number of carbonyl (C=O) groups excluding carboxylic acids is 2. The molecule has 0 fully saturated rings. The lowest BCUT2D eigenvalue weighted by atomic mass is 10.0. The van der Waals surface area contributed by atoms with E-state index in [2.05, 4.69) is 20.3 Å². The first kappa shape index (κ1) is 28.8. The van der Waals surface area contributed by atoms with E-state index < -0.39 is 11.4 Å². The molecule has 11 heteroatoms. The summed E-state index contributed by atoms with van der Waals surface area (Å²) in [5.41, 5.74) is 2.86. The average Bonchev–Trinajstić information content (AvgIpc) is 3.22. The maximum absolute atomic E-state index is 14.8. The number of nitrogens with one attached hydrogen (secondary N) is 1. The molecule has 0 bridgehead atoms. The monoisotopic (exact) mass is 550 g/mol. The summed E-state index contributed by atoms with van der Waals surface area (Å²) in [6.45, 7) is 11.3. The largest absolute Gasteiger partial charge is 0.596 e. The van der Waals surface area contributed by atoms with Crippen molar-refractivity contribution in [3.05, 3.63) is 53.1 Å². The molecule has 212 valence electrons. The Morgan fingerprint density at radius 1 is 1.18 bits per heavy atom. The van der Waals surface area contributed by atoms with Gasteiger partial charge in [0.05, 0.1) is 22.6 Å². The van der Waals surface area contributed by atoms with E-state index in [0.717, 1.165) is 5.71 Å². The van der Waals surface area contributed by atoms with Crippen LogP contribution in [-0.2, 0) is 4.74 Å². The highest BCUT2D eigenvalue weighted by atomic mass is 19.1. The van der Waals surface area contributed by atoms with Gasteiger partial charge in [0.2, 0.25) is 0 Å². The molecule has 0 aromatic carbocycles. The van der Waals surface area contributed by atoms with Crippen molar-refractivity contribution in [3.63, 3.8) is 0 Å². The molecule has 40 heavy (non-hydrogen) atoms. The van der Waals surface area contributed by atoms with Gasteiger partial charge in [-0.1, -0.05) is 0 Å². The van der Waals surface area contributed by atoms with Crippen LogP contribution in [-0.4, -0.2) is 78.8 Å². The van der Waals surface area contributed by atoms with Gasteiger partial charge in [-0.25, -0.2) is 19.3 Å². The van der Waals surface area contributed by atoms with Gasteiger partial charge >= 0.3 is 6.09 Å². The van der Waals surface area contributed by atoms with Crippen LogP contribution in [0.25, 0.3) is 23.1 Å². The van der Waals surface area contributed by atoms with Crippen LogP contribution in [0.5, 0.6) is 0 Å². The number of nitrogens with zero attached hydrogens (tertiary/aromatic N) is 6. The Kier molecular flexibility index (Phi) is 8.04. The fourth-order valence-corrected chi connectivity index (χ4v) is 4.64. The molecule has 2 amide bonds. The lowest BCUT2D eigenvalue weighted by Gasteiger charge is -2.24. The molecule has 0 saturated carbocycles. The van der Waals surface area contributed by atoms with E-state index in [-0.39, 0.29) is 23.7 Å². The first-order valence-electron chi connectivity index (χ1n) is 13.2. The van der Waals surface area contributed by atoms with E-state index in [9.17, 15) is 14.0 Å². The Hall–Kier alpha value is -4.15. The molecule has 1 aliphatic heterocycles. The highest BCUT2D eigenvalue weighted by molar-refractivity contribution is 5.99. The number of amides is 2. The van der Waals surface area contributed by atoms with Crippen molar-refractivity contribution < 1.29 is 23.3 Å². The molecule has 0 unspecified atom stereocenters. The van der Waals surface area contributed by atoms with Crippen LogP contribution in [0, 0.1) is 19.7 Å². The number of imidazole rings is 1. The first-order chi connectivity index (χ1) is 18.7. The molecule has 1 atom stereocenters. The van der Waals surface area contributed by atoms with Crippen LogP contribution in [0.4, 0.5) is 9.18 Å². The molecule has 4 heterocycles. The number of ether oxygens (including phenoxy) is 1. The number of carbonyl (C=O) groups is 2. The molecule has 3 aromatic rings. The van der Waals surface area contributed by atoms with Gasteiger partial charge in [-0.05, 0) is 46.8 Å². The van der Waals surface area contributed by atoms with Gasteiger partial charge in [0.15, 0.2) is 29.5 Å². The van der Waals surface area contributed by atoms with Gasteiger partial charge in [0.25, 0.3) is 5.91 Å². The van der Waals surface area contributed by atoms with Gasteiger partial charge in [-0.15, -0.1) is 4.58 Å². The molecular formula is C29H37FN7O3+. The topological polar surface area (TPSA) is 105 Å². The van der Waals surface area contributed by atoms with Crippen LogP contribution in [0.2, 0.25) is 0 Å². The summed E-state index contributed by atoms with van der Waals surface area (Å²) in [7, 11) is 3.74. The average molecular weight is 551 g/mol. The number of rotatable bonds is 5. The predicted molar refractivity (Wildman–Crippen MR) is 151 cm³/mol. The molecule has 0 radical (unpaired) electrons. The maximum Gasteiger partial charge on any atom is 0.596 e. The van der Waals surface area contributed by atoms with E-state index >= 15 is 0 Å². The Morgan fingerprint density at radius 3 is 2.55 bits per heavy atom. The Morgan fingerprint density at radius 2 is 1.90 bits per heavy atom. The molecule has 1 aliphatic rings. The molecule has 0 spiro atoms. The van der Waals surface area contributed by atoms with Gasteiger partial charge in [0.1, 0.15) is 5.60 Å². The Balaban J connectivity index is 1.63. The zero-order chi connectivity index (χ0) is 29.4. The van der Waals surface area contributed by atoms with Crippen LogP contribution in [0.15, 0.2) is 24.7 Å². The molecule has 1 N–H and O–H groups in total. The Bertz CT molecular complexity index is 1530. The minimum Gasteiger partial charge on any atom is -0.406 e. The van der Waals surface area contributed by atoms with E-state index in [1.54, 1.807) is 47.5 Å². The quantitative estimate of drug-likeness (QED) is 0.470. The summed E-state index contributed by atoms with van der Waals surface area (Å²) in [5, 5.41) is 3.10. The van der Waals surface area contributed by atoms with Crippen molar-refractivity contribution in [1.29, 1.82) is 0 Å². The molecule has 0 aliphatic carbocycles. The SMILES string of the molecule is CC1=[N+](C(=O)OC(C)(C)C)CC[C@H](NC(=O)c2c(C)nc(-c3cc(F)c4nc(C)cn4c3)nc2/C=C/N(C)C)C1. The fourth-order valence-electron chi connectivity index (χ4n) is 4.64. The lowest BCUT2D eigenvalue weighted by molar-refractivity contribution is -0.458. The number of aryl methyl sites for hydroxylation is 2. The number of aromatic nitrogens is 4. The van der Waals surface area contributed by atoms with Crippen LogP contribution >= 0.6 is 0 Å². The van der Waals surface area contributed by atoms with Gasteiger partial charge in [-0.2, -0.15) is 4.79 Å². The van der Waals surface area contributed by atoms with Gasteiger partial charge in [-0.3, -0.25) is 4.79 Å². The summed E-state index contributed by atoms with van der Waals surface area (Å²) in [4.78, 5) is 41.4. The second-order valence-electron chi connectivity index (χ2n) is 11.4. The highest BCUT2D eigenvalue weighted by Crippen LogP contribution is 2.24. The summed E-state index contributed by atoms with van der Waals surface area (Å²) in [6.07, 6.45) is 7.70.